The average Bonchev–Trinajstić information content (AvgIpc) is 2.77. The highest BCUT2D eigenvalue weighted by Gasteiger charge is 2.25. The summed E-state index contributed by atoms with van der Waals surface area (Å²) in [5, 5.41) is 11.6. The summed E-state index contributed by atoms with van der Waals surface area (Å²) >= 11 is 0. The highest BCUT2D eigenvalue weighted by Crippen LogP contribution is 2.48. The summed E-state index contributed by atoms with van der Waals surface area (Å²) < 4.78 is 0. The molecule has 0 radical (unpaired) electrons. The Morgan fingerprint density at radius 3 is 2.32 bits per heavy atom. The number of aromatic carboxylic acids is 1. The summed E-state index contributed by atoms with van der Waals surface area (Å²) in [5.41, 5.74) is 4.51. The Balaban J connectivity index is 2.28. The van der Waals surface area contributed by atoms with Crippen molar-refractivity contribution in [1.82, 2.24) is 0 Å². The van der Waals surface area contributed by atoms with Crippen LogP contribution in [0.15, 0.2) is 54.6 Å². The number of carboxylic acids is 1. The maximum absolute atomic E-state index is 11.5. The quantitative estimate of drug-likeness (QED) is 0.547. The molecule has 3 aromatic rings. The molecule has 90 valence electrons. The van der Waals surface area contributed by atoms with Gasteiger partial charge in [-0.05, 0) is 33.5 Å². The van der Waals surface area contributed by atoms with Crippen LogP contribution in [0.1, 0.15) is 10.4 Å². The first kappa shape index (κ1) is 10.3. The molecular weight excluding hydrogens is 236 g/mol. The van der Waals surface area contributed by atoms with Gasteiger partial charge in [-0.3, -0.25) is 0 Å². The second kappa shape index (κ2) is 3.45. The van der Waals surface area contributed by atoms with Crippen LogP contribution in [-0.2, 0) is 0 Å². The topological polar surface area (TPSA) is 37.3 Å². The number of rotatable bonds is 1. The minimum Gasteiger partial charge on any atom is -0.478 e. The van der Waals surface area contributed by atoms with Crippen molar-refractivity contribution in [2.75, 3.05) is 0 Å². The molecule has 0 aromatic heterocycles. The van der Waals surface area contributed by atoms with E-state index in [0.717, 1.165) is 33.0 Å². The molecule has 0 amide bonds. The fourth-order valence-corrected chi connectivity index (χ4v) is 3.00. The Morgan fingerprint density at radius 1 is 0.789 bits per heavy atom. The molecule has 19 heavy (non-hydrogen) atoms. The molecule has 4 rings (SSSR count). The number of hydrogen-bond donors (Lipinski definition) is 1. The van der Waals surface area contributed by atoms with Gasteiger partial charge in [-0.25, -0.2) is 4.79 Å². The molecule has 0 unspecified atom stereocenters. The van der Waals surface area contributed by atoms with E-state index in [4.69, 9.17) is 0 Å². The van der Waals surface area contributed by atoms with Crippen LogP contribution in [0.3, 0.4) is 0 Å². The van der Waals surface area contributed by atoms with Crippen LogP contribution in [-0.4, -0.2) is 11.1 Å². The molecule has 2 heteroatoms. The van der Waals surface area contributed by atoms with E-state index < -0.39 is 5.97 Å². The van der Waals surface area contributed by atoms with Crippen molar-refractivity contribution in [2.24, 2.45) is 0 Å². The second-order valence-corrected chi connectivity index (χ2v) is 4.74. The van der Waals surface area contributed by atoms with Crippen molar-refractivity contribution in [2.45, 2.75) is 0 Å². The summed E-state index contributed by atoms with van der Waals surface area (Å²) in [7, 11) is 0. The molecule has 1 N–H and O–H groups in total. The third-order valence-corrected chi connectivity index (χ3v) is 3.76. The monoisotopic (exact) mass is 246 g/mol. The Hall–Kier alpha value is -2.61. The Morgan fingerprint density at radius 2 is 1.53 bits per heavy atom. The van der Waals surface area contributed by atoms with E-state index in [1.807, 2.05) is 36.4 Å². The van der Waals surface area contributed by atoms with Crippen molar-refractivity contribution in [1.29, 1.82) is 0 Å². The molecular formula is C17H10O2. The van der Waals surface area contributed by atoms with E-state index in [-0.39, 0.29) is 0 Å². The van der Waals surface area contributed by atoms with Crippen LogP contribution < -0.4 is 0 Å². The molecule has 0 heterocycles. The van der Waals surface area contributed by atoms with Crippen molar-refractivity contribution >= 4 is 16.7 Å². The molecule has 0 saturated carbocycles. The maximum atomic E-state index is 11.5. The number of carbonyl (C=O) groups is 1. The van der Waals surface area contributed by atoms with Crippen molar-refractivity contribution in [3.8, 4) is 22.3 Å². The zero-order valence-corrected chi connectivity index (χ0v) is 10.1. The molecule has 0 fully saturated rings. The van der Waals surface area contributed by atoms with E-state index in [0.29, 0.717) is 5.56 Å². The summed E-state index contributed by atoms with van der Waals surface area (Å²) in [5.74, 6) is -0.872. The van der Waals surface area contributed by atoms with Gasteiger partial charge in [0.05, 0.1) is 5.56 Å². The normalized spacial score (nSPS) is 11.6. The highest BCUT2D eigenvalue weighted by molar-refractivity contribution is 6.19. The molecule has 0 saturated heterocycles. The summed E-state index contributed by atoms with van der Waals surface area (Å²) in [6.45, 7) is 0. The predicted molar refractivity (Wildman–Crippen MR) is 75.3 cm³/mol. The smallest absolute Gasteiger partial charge is 0.336 e. The Bertz CT molecular complexity index is 847. The van der Waals surface area contributed by atoms with Crippen molar-refractivity contribution < 1.29 is 9.90 Å². The molecule has 3 aromatic carbocycles. The van der Waals surface area contributed by atoms with Gasteiger partial charge in [0, 0.05) is 5.56 Å². The average molecular weight is 246 g/mol. The number of carboxylic acid groups (broad SMARTS) is 1. The fourth-order valence-electron chi connectivity index (χ4n) is 3.00. The van der Waals surface area contributed by atoms with Crippen LogP contribution >= 0.6 is 0 Å². The van der Waals surface area contributed by atoms with E-state index in [1.165, 1.54) is 0 Å². The van der Waals surface area contributed by atoms with Gasteiger partial charge < -0.3 is 5.11 Å². The third-order valence-electron chi connectivity index (χ3n) is 3.76. The number of benzene rings is 3. The molecule has 1 aliphatic rings. The van der Waals surface area contributed by atoms with E-state index in [9.17, 15) is 9.90 Å². The lowest BCUT2D eigenvalue weighted by Crippen LogP contribution is -1.98. The van der Waals surface area contributed by atoms with Gasteiger partial charge >= 0.3 is 5.97 Å². The van der Waals surface area contributed by atoms with Crippen LogP contribution in [0.4, 0.5) is 0 Å². The van der Waals surface area contributed by atoms with Gasteiger partial charge in [-0.2, -0.15) is 0 Å². The SMILES string of the molecule is O=C(O)c1ccc2cccc3c2c1-c1ccccc1-3. The Labute approximate surface area is 109 Å². The fraction of sp³-hybridized carbons (Fsp3) is 0. The number of hydrogen-bond acceptors (Lipinski definition) is 1. The maximum Gasteiger partial charge on any atom is 0.336 e. The second-order valence-electron chi connectivity index (χ2n) is 4.74. The number of fused-ring (bicyclic) bond motifs is 3. The third kappa shape index (κ3) is 1.23. The van der Waals surface area contributed by atoms with Gasteiger partial charge in [0.25, 0.3) is 0 Å². The lowest BCUT2D eigenvalue weighted by molar-refractivity contribution is 0.0698. The molecule has 0 spiro atoms. The molecule has 0 aliphatic heterocycles. The lowest BCUT2D eigenvalue weighted by atomic mass is 9.98. The highest BCUT2D eigenvalue weighted by atomic mass is 16.4. The molecule has 0 atom stereocenters. The van der Waals surface area contributed by atoms with Gasteiger partial charge in [0.1, 0.15) is 0 Å². The molecule has 0 bridgehead atoms. The first-order valence-corrected chi connectivity index (χ1v) is 6.16. The van der Waals surface area contributed by atoms with E-state index in [2.05, 4.69) is 12.1 Å². The largest absolute Gasteiger partial charge is 0.478 e. The summed E-state index contributed by atoms with van der Waals surface area (Å²) in [4.78, 5) is 11.5. The first-order valence-electron chi connectivity index (χ1n) is 6.16. The zero-order chi connectivity index (χ0) is 13.0. The van der Waals surface area contributed by atoms with Crippen molar-refractivity contribution in [3.05, 3.63) is 60.2 Å². The van der Waals surface area contributed by atoms with E-state index in [1.54, 1.807) is 6.07 Å². The van der Waals surface area contributed by atoms with E-state index >= 15 is 0 Å². The summed E-state index contributed by atoms with van der Waals surface area (Å²) in [6.07, 6.45) is 0. The Kier molecular flexibility index (Phi) is 1.88. The van der Waals surface area contributed by atoms with Gasteiger partial charge in [0.2, 0.25) is 0 Å². The summed E-state index contributed by atoms with van der Waals surface area (Å²) in [6, 6.07) is 17.7. The molecule has 1 aliphatic carbocycles. The predicted octanol–water partition coefficient (Wildman–Crippen LogP) is 4.19. The lowest BCUT2D eigenvalue weighted by Gasteiger charge is -2.06. The van der Waals surface area contributed by atoms with Crippen LogP contribution in [0.2, 0.25) is 0 Å². The van der Waals surface area contributed by atoms with Crippen LogP contribution in [0.5, 0.6) is 0 Å². The van der Waals surface area contributed by atoms with Gasteiger partial charge in [-0.15, -0.1) is 0 Å². The minimum atomic E-state index is -0.872. The van der Waals surface area contributed by atoms with Crippen molar-refractivity contribution in [3.63, 3.8) is 0 Å². The van der Waals surface area contributed by atoms with Gasteiger partial charge in [0.15, 0.2) is 0 Å². The van der Waals surface area contributed by atoms with Crippen LogP contribution in [0, 0.1) is 0 Å². The molecule has 2 nitrogen and oxygen atoms in total. The van der Waals surface area contributed by atoms with Crippen LogP contribution in [0.25, 0.3) is 33.0 Å². The zero-order valence-electron chi connectivity index (χ0n) is 10.1. The first-order chi connectivity index (χ1) is 9.27. The minimum absolute atomic E-state index is 0.380. The van der Waals surface area contributed by atoms with Gasteiger partial charge in [-0.1, -0.05) is 48.5 Å². The standard InChI is InChI=1S/C17H10O2/c18-17(19)14-9-8-10-4-3-7-12-11-5-1-2-6-13(11)16(14)15(10)12/h1-9H,(H,18,19).